The molecule has 0 unspecified atom stereocenters. The van der Waals surface area contributed by atoms with E-state index in [1.807, 2.05) is 6.07 Å². The third-order valence-corrected chi connectivity index (χ3v) is 5.20. The van der Waals surface area contributed by atoms with Crippen LogP contribution in [0, 0.1) is 13.8 Å². The molecule has 1 N–H and O–H groups in total. The van der Waals surface area contributed by atoms with Crippen LogP contribution in [0.5, 0.6) is 11.5 Å². The molecule has 0 saturated carbocycles. The molecule has 0 aliphatic carbocycles. The van der Waals surface area contributed by atoms with Crippen LogP contribution in [0.25, 0.3) is 11.4 Å². The van der Waals surface area contributed by atoms with E-state index < -0.39 is 0 Å². The molecule has 7 nitrogen and oxygen atoms in total. The highest BCUT2D eigenvalue weighted by molar-refractivity contribution is 6.30. The maximum atomic E-state index is 12.9. The van der Waals surface area contributed by atoms with E-state index in [1.54, 1.807) is 64.5 Å². The molecular formula is C23H24ClN3O4. The minimum Gasteiger partial charge on any atom is -0.493 e. The van der Waals surface area contributed by atoms with Gasteiger partial charge in [0.15, 0.2) is 11.5 Å². The summed E-state index contributed by atoms with van der Waals surface area (Å²) in [5.74, 6) is 1.27. The van der Waals surface area contributed by atoms with Crippen LogP contribution in [0.3, 0.4) is 0 Å². The number of hydrogen-bond donors (Lipinski definition) is 1. The van der Waals surface area contributed by atoms with Gasteiger partial charge in [0.2, 0.25) is 5.91 Å². The number of hydrogen-bond acceptors (Lipinski definition) is 5. The Morgan fingerprint density at radius 3 is 2.52 bits per heavy atom. The van der Waals surface area contributed by atoms with Crippen molar-refractivity contribution < 1.29 is 14.3 Å². The van der Waals surface area contributed by atoms with Crippen LogP contribution in [0.1, 0.15) is 16.8 Å². The van der Waals surface area contributed by atoms with Gasteiger partial charge in [-0.2, -0.15) is 0 Å². The Hall–Kier alpha value is -3.32. The minimum absolute atomic E-state index is 0.165. The number of nitrogens with one attached hydrogen (secondary N) is 1. The summed E-state index contributed by atoms with van der Waals surface area (Å²) in [4.78, 5) is 30.1. The second kappa shape index (κ2) is 9.66. The number of benzene rings is 2. The second-order valence-electron chi connectivity index (χ2n) is 7.01. The normalized spacial score (nSPS) is 10.6. The lowest BCUT2D eigenvalue weighted by Crippen LogP contribution is -2.34. The third kappa shape index (κ3) is 5.06. The fraction of sp³-hybridized carbons (Fsp3) is 0.261. The summed E-state index contributed by atoms with van der Waals surface area (Å²) in [6.07, 6.45) is 0. The van der Waals surface area contributed by atoms with E-state index in [9.17, 15) is 9.59 Å². The fourth-order valence-corrected chi connectivity index (χ4v) is 3.33. The highest BCUT2D eigenvalue weighted by Crippen LogP contribution is 2.27. The number of carbonyl (C=O) groups is 1. The molecule has 2 aromatic carbocycles. The van der Waals surface area contributed by atoms with E-state index in [4.69, 9.17) is 21.1 Å². The average molecular weight is 442 g/mol. The number of aryl methyl sites for hydroxylation is 1. The summed E-state index contributed by atoms with van der Waals surface area (Å²) in [7, 11) is 3.11. The zero-order valence-electron chi connectivity index (χ0n) is 17.9. The van der Waals surface area contributed by atoms with Gasteiger partial charge in [0.1, 0.15) is 12.4 Å². The van der Waals surface area contributed by atoms with Crippen molar-refractivity contribution in [2.45, 2.75) is 26.9 Å². The molecule has 31 heavy (non-hydrogen) atoms. The Bertz CT molecular complexity index is 1170. The number of aromatic nitrogens is 2. The van der Waals surface area contributed by atoms with Crippen LogP contribution in [0.4, 0.5) is 0 Å². The summed E-state index contributed by atoms with van der Waals surface area (Å²) in [5.41, 5.74) is 2.36. The molecule has 0 aliphatic rings. The molecule has 0 atom stereocenters. The molecule has 162 valence electrons. The first-order valence-corrected chi connectivity index (χ1v) is 10.0. The third-order valence-electron chi connectivity index (χ3n) is 4.96. The van der Waals surface area contributed by atoms with Gasteiger partial charge in [-0.15, -0.1) is 0 Å². The van der Waals surface area contributed by atoms with Gasteiger partial charge in [0.05, 0.1) is 14.2 Å². The average Bonchev–Trinajstić information content (AvgIpc) is 2.77. The van der Waals surface area contributed by atoms with Crippen LogP contribution in [-0.2, 0) is 17.9 Å². The first-order valence-electron chi connectivity index (χ1n) is 9.65. The Balaban J connectivity index is 1.84. The molecule has 8 heteroatoms. The maximum absolute atomic E-state index is 12.9. The van der Waals surface area contributed by atoms with Crippen LogP contribution in [0.2, 0.25) is 5.02 Å². The zero-order valence-corrected chi connectivity index (χ0v) is 18.6. The van der Waals surface area contributed by atoms with Gasteiger partial charge in [-0.25, -0.2) is 4.98 Å². The van der Waals surface area contributed by atoms with E-state index >= 15 is 0 Å². The van der Waals surface area contributed by atoms with Gasteiger partial charge in [0, 0.05) is 28.4 Å². The number of rotatable bonds is 7. The molecule has 0 fully saturated rings. The van der Waals surface area contributed by atoms with Crippen LogP contribution in [0.15, 0.2) is 47.3 Å². The predicted molar refractivity (Wildman–Crippen MR) is 120 cm³/mol. The lowest BCUT2D eigenvalue weighted by Gasteiger charge is -2.15. The topological polar surface area (TPSA) is 82.5 Å². The van der Waals surface area contributed by atoms with Gasteiger partial charge in [-0.3, -0.25) is 14.2 Å². The van der Waals surface area contributed by atoms with Crippen molar-refractivity contribution in [1.29, 1.82) is 0 Å². The lowest BCUT2D eigenvalue weighted by atomic mass is 10.1. The Kier molecular flexibility index (Phi) is 6.97. The molecule has 0 bridgehead atoms. The standard InChI is InChI=1S/C23H24ClN3O4/c1-14-15(2)26-22(17-6-5-7-18(24)11-17)27(23(14)29)13-21(28)25-12-16-8-9-19(30-3)20(10-16)31-4/h5-11H,12-13H2,1-4H3,(H,25,28). The molecule has 1 amide bonds. The monoisotopic (exact) mass is 441 g/mol. The molecular weight excluding hydrogens is 418 g/mol. The Labute approximate surface area is 185 Å². The SMILES string of the molecule is COc1ccc(CNC(=O)Cn2c(-c3cccc(Cl)c3)nc(C)c(C)c2=O)cc1OC. The molecule has 3 aromatic rings. The number of amides is 1. The quantitative estimate of drug-likeness (QED) is 0.606. The van der Waals surface area contributed by atoms with E-state index in [0.717, 1.165) is 5.56 Å². The van der Waals surface area contributed by atoms with E-state index in [-0.39, 0.29) is 24.6 Å². The van der Waals surface area contributed by atoms with Crippen molar-refractivity contribution in [3.63, 3.8) is 0 Å². The van der Waals surface area contributed by atoms with Crippen molar-refractivity contribution in [3.05, 3.63) is 74.7 Å². The predicted octanol–water partition coefficient (Wildman–Crippen LogP) is 3.51. The Morgan fingerprint density at radius 2 is 1.84 bits per heavy atom. The lowest BCUT2D eigenvalue weighted by molar-refractivity contribution is -0.121. The fourth-order valence-electron chi connectivity index (χ4n) is 3.14. The number of nitrogens with zero attached hydrogens (tertiary/aromatic N) is 2. The van der Waals surface area contributed by atoms with E-state index in [2.05, 4.69) is 10.3 Å². The number of methoxy groups -OCH3 is 2. The highest BCUT2D eigenvalue weighted by Gasteiger charge is 2.16. The number of halogens is 1. The molecule has 1 heterocycles. The number of ether oxygens (including phenoxy) is 2. The Morgan fingerprint density at radius 1 is 1.10 bits per heavy atom. The maximum Gasteiger partial charge on any atom is 0.257 e. The van der Waals surface area contributed by atoms with E-state index in [0.29, 0.717) is 39.2 Å². The van der Waals surface area contributed by atoms with Crippen molar-refractivity contribution in [1.82, 2.24) is 14.9 Å². The summed E-state index contributed by atoms with van der Waals surface area (Å²) in [5, 5.41) is 3.36. The first kappa shape index (κ1) is 22.4. The molecule has 1 aromatic heterocycles. The van der Waals surface area contributed by atoms with Crippen molar-refractivity contribution in [3.8, 4) is 22.9 Å². The van der Waals surface area contributed by atoms with Gasteiger partial charge in [-0.1, -0.05) is 29.8 Å². The highest BCUT2D eigenvalue weighted by atomic mass is 35.5. The summed E-state index contributed by atoms with van der Waals surface area (Å²) >= 11 is 6.11. The van der Waals surface area contributed by atoms with Crippen molar-refractivity contribution >= 4 is 17.5 Å². The molecule has 0 radical (unpaired) electrons. The molecule has 3 rings (SSSR count). The minimum atomic E-state index is -0.315. The summed E-state index contributed by atoms with van der Waals surface area (Å²) in [6, 6.07) is 12.4. The van der Waals surface area contributed by atoms with Crippen molar-refractivity contribution in [2.24, 2.45) is 0 Å². The molecule has 0 saturated heterocycles. The number of carbonyl (C=O) groups excluding carboxylic acids is 1. The summed E-state index contributed by atoms with van der Waals surface area (Å²) < 4.78 is 11.9. The van der Waals surface area contributed by atoms with Gasteiger partial charge < -0.3 is 14.8 Å². The smallest absolute Gasteiger partial charge is 0.257 e. The van der Waals surface area contributed by atoms with Gasteiger partial charge in [0.25, 0.3) is 5.56 Å². The van der Waals surface area contributed by atoms with Crippen molar-refractivity contribution in [2.75, 3.05) is 14.2 Å². The largest absolute Gasteiger partial charge is 0.493 e. The molecule has 0 aliphatic heterocycles. The molecule has 0 spiro atoms. The van der Waals surface area contributed by atoms with E-state index in [1.165, 1.54) is 4.57 Å². The zero-order chi connectivity index (χ0) is 22.5. The second-order valence-corrected chi connectivity index (χ2v) is 7.45. The van der Waals surface area contributed by atoms with Crippen LogP contribution >= 0.6 is 11.6 Å². The van der Waals surface area contributed by atoms with Gasteiger partial charge in [-0.05, 0) is 43.7 Å². The van der Waals surface area contributed by atoms with Gasteiger partial charge >= 0.3 is 0 Å². The first-order chi connectivity index (χ1) is 14.8. The van der Waals surface area contributed by atoms with Crippen LogP contribution in [-0.4, -0.2) is 29.7 Å². The summed E-state index contributed by atoms with van der Waals surface area (Å²) in [6.45, 7) is 3.58. The van der Waals surface area contributed by atoms with Crippen LogP contribution < -0.4 is 20.3 Å².